The van der Waals surface area contributed by atoms with E-state index in [4.69, 9.17) is 10.5 Å². The number of nitrogens with one attached hydrogen (secondary N) is 1. The molecule has 0 radical (unpaired) electrons. The van der Waals surface area contributed by atoms with Crippen LogP contribution in [0.3, 0.4) is 0 Å². The number of amides is 1. The van der Waals surface area contributed by atoms with E-state index in [1.165, 1.54) is 0 Å². The number of ether oxygens (including phenoxy) is 1. The lowest BCUT2D eigenvalue weighted by Gasteiger charge is -2.20. The van der Waals surface area contributed by atoms with E-state index in [0.29, 0.717) is 12.2 Å². The zero-order valence-electron chi connectivity index (χ0n) is 12.9. The number of aromatic hydroxyl groups is 1. The largest absolute Gasteiger partial charge is 0.506 e. The van der Waals surface area contributed by atoms with Gasteiger partial charge in [-0.3, -0.25) is 5.32 Å². The van der Waals surface area contributed by atoms with Crippen molar-refractivity contribution in [3.63, 3.8) is 0 Å². The van der Waals surface area contributed by atoms with Crippen molar-refractivity contribution >= 4 is 11.8 Å². The number of benzene rings is 1. The highest BCUT2D eigenvalue weighted by Gasteiger charge is 2.43. The standard InChI is InChI=1S/C16H24N2O3/c1-15(2,3)21-14(20)18-12-5-4-11(10-13(12)19)16(6-7-16)8-9-17/h4-5,10,19H,6-9,17H2,1-3H3,(H,18,20). The predicted octanol–water partition coefficient (Wildman–Crippen LogP) is 3.12. The number of phenols is 1. The van der Waals surface area contributed by atoms with Crippen LogP contribution < -0.4 is 11.1 Å². The van der Waals surface area contributed by atoms with E-state index in [2.05, 4.69) is 5.32 Å². The van der Waals surface area contributed by atoms with Crippen LogP contribution in [0.5, 0.6) is 5.75 Å². The molecule has 0 spiro atoms. The maximum absolute atomic E-state index is 11.7. The Labute approximate surface area is 125 Å². The summed E-state index contributed by atoms with van der Waals surface area (Å²) in [6.07, 6.45) is 2.55. The van der Waals surface area contributed by atoms with E-state index in [1.807, 2.05) is 6.07 Å². The Hall–Kier alpha value is -1.75. The minimum atomic E-state index is -0.575. The van der Waals surface area contributed by atoms with Crippen molar-refractivity contribution in [2.45, 2.75) is 51.0 Å². The Morgan fingerprint density at radius 2 is 2.10 bits per heavy atom. The number of rotatable bonds is 4. The van der Waals surface area contributed by atoms with Crippen molar-refractivity contribution in [3.8, 4) is 5.75 Å². The van der Waals surface area contributed by atoms with Gasteiger partial charge in [0, 0.05) is 0 Å². The molecule has 0 aliphatic heterocycles. The topological polar surface area (TPSA) is 84.6 Å². The van der Waals surface area contributed by atoms with Gasteiger partial charge in [0.05, 0.1) is 5.69 Å². The van der Waals surface area contributed by atoms with E-state index < -0.39 is 11.7 Å². The molecular formula is C16H24N2O3. The van der Waals surface area contributed by atoms with Gasteiger partial charge in [-0.2, -0.15) is 0 Å². The third kappa shape index (κ3) is 3.88. The summed E-state index contributed by atoms with van der Waals surface area (Å²) >= 11 is 0. The second kappa shape index (κ2) is 5.56. The molecule has 2 rings (SSSR count). The third-order valence-electron chi connectivity index (χ3n) is 3.72. The molecule has 0 atom stereocenters. The summed E-state index contributed by atoms with van der Waals surface area (Å²) in [7, 11) is 0. The molecule has 1 saturated carbocycles. The first-order chi connectivity index (χ1) is 9.76. The Bertz CT molecular complexity index is 531. The first kappa shape index (κ1) is 15.6. The lowest BCUT2D eigenvalue weighted by Crippen LogP contribution is -2.27. The number of hydrogen-bond acceptors (Lipinski definition) is 4. The molecular weight excluding hydrogens is 268 g/mol. The van der Waals surface area contributed by atoms with Crippen LogP contribution in [0, 0.1) is 0 Å². The molecule has 5 heteroatoms. The maximum atomic E-state index is 11.7. The van der Waals surface area contributed by atoms with Crippen LogP contribution in [0.4, 0.5) is 10.5 Å². The van der Waals surface area contributed by atoms with Gasteiger partial charge in [0.2, 0.25) is 0 Å². The monoisotopic (exact) mass is 292 g/mol. The summed E-state index contributed by atoms with van der Waals surface area (Å²) in [5.41, 5.74) is 6.64. The summed E-state index contributed by atoms with van der Waals surface area (Å²) in [5, 5.41) is 12.7. The number of phenolic OH excluding ortho intramolecular Hbond substituents is 1. The molecule has 1 aliphatic carbocycles. The van der Waals surface area contributed by atoms with E-state index in [9.17, 15) is 9.90 Å². The summed E-state index contributed by atoms with van der Waals surface area (Å²) in [6, 6.07) is 5.37. The first-order valence-electron chi connectivity index (χ1n) is 7.29. The average molecular weight is 292 g/mol. The van der Waals surface area contributed by atoms with Gasteiger partial charge in [-0.05, 0) is 69.7 Å². The Morgan fingerprint density at radius 1 is 1.43 bits per heavy atom. The van der Waals surface area contributed by atoms with Crippen LogP contribution in [-0.2, 0) is 10.2 Å². The van der Waals surface area contributed by atoms with Crippen molar-refractivity contribution in [3.05, 3.63) is 23.8 Å². The molecule has 1 aromatic rings. The van der Waals surface area contributed by atoms with E-state index in [0.717, 1.165) is 24.8 Å². The van der Waals surface area contributed by atoms with Gasteiger partial charge in [-0.1, -0.05) is 6.07 Å². The Kier molecular flexibility index (Phi) is 4.14. The number of hydrogen-bond donors (Lipinski definition) is 3. The van der Waals surface area contributed by atoms with Crippen molar-refractivity contribution in [2.75, 3.05) is 11.9 Å². The number of carbonyl (C=O) groups is 1. The van der Waals surface area contributed by atoms with Crippen LogP contribution in [0.25, 0.3) is 0 Å². The van der Waals surface area contributed by atoms with Gasteiger partial charge in [0.25, 0.3) is 0 Å². The highest BCUT2D eigenvalue weighted by molar-refractivity contribution is 5.87. The summed E-state index contributed by atoms with van der Waals surface area (Å²) < 4.78 is 5.17. The fourth-order valence-corrected chi connectivity index (χ4v) is 2.49. The molecule has 5 nitrogen and oxygen atoms in total. The van der Waals surface area contributed by atoms with Crippen LogP contribution >= 0.6 is 0 Å². The summed E-state index contributed by atoms with van der Waals surface area (Å²) in [6.45, 7) is 6.01. The van der Waals surface area contributed by atoms with Gasteiger partial charge in [0.1, 0.15) is 11.4 Å². The van der Waals surface area contributed by atoms with Crippen molar-refractivity contribution in [2.24, 2.45) is 5.73 Å². The average Bonchev–Trinajstić information content (AvgIpc) is 3.11. The molecule has 0 unspecified atom stereocenters. The molecule has 0 saturated heterocycles. The Morgan fingerprint density at radius 3 is 2.57 bits per heavy atom. The molecule has 1 aliphatic rings. The van der Waals surface area contributed by atoms with Crippen molar-refractivity contribution < 1.29 is 14.6 Å². The summed E-state index contributed by atoms with van der Waals surface area (Å²) in [4.78, 5) is 11.7. The van der Waals surface area contributed by atoms with Crippen LogP contribution in [-0.4, -0.2) is 23.3 Å². The fraction of sp³-hybridized carbons (Fsp3) is 0.562. The third-order valence-corrected chi connectivity index (χ3v) is 3.72. The minimum absolute atomic E-state index is 0.0571. The van der Waals surface area contributed by atoms with Gasteiger partial charge < -0.3 is 15.6 Å². The molecule has 21 heavy (non-hydrogen) atoms. The molecule has 116 valence electrons. The maximum Gasteiger partial charge on any atom is 0.412 e. The zero-order chi connectivity index (χ0) is 15.7. The van der Waals surface area contributed by atoms with E-state index in [1.54, 1.807) is 32.9 Å². The lowest BCUT2D eigenvalue weighted by molar-refractivity contribution is 0.0635. The first-order valence-corrected chi connectivity index (χ1v) is 7.29. The van der Waals surface area contributed by atoms with Crippen LogP contribution in [0.2, 0.25) is 0 Å². The van der Waals surface area contributed by atoms with Crippen molar-refractivity contribution in [1.29, 1.82) is 0 Å². The normalized spacial score (nSPS) is 16.4. The smallest absolute Gasteiger partial charge is 0.412 e. The number of anilines is 1. The second-order valence-corrected chi connectivity index (χ2v) is 6.68. The molecule has 1 amide bonds. The highest BCUT2D eigenvalue weighted by atomic mass is 16.6. The molecule has 1 aromatic carbocycles. The number of nitrogens with two attached hydrogens (primary N) is 1. The molecule has 1 fully saturated rings. The molecule has 4 N–H and O–H groups in total. The van der Waals surface area contributed by atoms with E-state index in [-0.39, 0.29) is 11.2 Å². The van der Waals surface area contributed by atoms with Crippen LogP contribution in [0.1, 0.15) is 45.6 Å². The Balaban J connectivity index is 2.08. The fourth-order valence-electron chi connectivity index (χ4n) is 2.49. The van der Waals surface area contributed by atoms with Crippen molar-refractivity contribution in [1.82, 2.24) is 0 Å². The SMILES string of the molecule is CC(C)(C)OC(=O)Nc1ccc(C2(CCN)CC2)cc1O. The van der Waals surface area contributed by atoms with Crippen LogP contribution in [0.15, 0.2) is 18.2 Å². The number of carbonyl (C=O) groups excluding carboxylic acids is 1. The van der Waals surface area contributed by atoms with Gasteiger partial charge in [-0.15, -0.1) is 0 Å². The van der Waals surface area contributed by atoms with Gasteiger partial charge in [0.15, 0.2) is 0 Å². The zero-order valence-corrected chi connectivity index (χ0v) is 12.9. The van der Waals surface area contributed by atoms with Gasteiger partial charge >= 0.3 is 6.09 Å². The second-order valence-electron chi connectivity index (χ2n) is 6.68. The molecule has 0 heterocycles. The lowest BCUT2D eigenvalue weighted by atomic mass is 9.92. The van der Waals surface area contributed by atoms with Gasteiger partial charge in [-0.25, -0.2) is 4.79 Å². The minimum Gasteiger partial charge on any atom is -0.506 e. The summed E-state index contributed by atoms with van der Waals surface area (Å²) in [5.74, 6) is 0.0571. The van der Waals surface area contributed by atoms with E-state index >= 15 is 0 Å². The molecule has 0 bridgehead atoms. The quantitative estimate of drug-likeness (QED) is 0.744. The molecule has 0 aromatic heterocycles. The highest BCUT2D eigenvalue weighted by Crippen LogP contribution is 2.51. The predicted molar refractivity (Wildman–Crippen MR) is 82.5 cm³/mol.